The van der Waals surface area contributed by atoms with Crippen molar-refractivity contribution in [3.05, 3.63) is 39.1 Å². The van der Waals surface area contributed by atoms with Crippen molar-refractivity contribution >= 4 is 23.1 Å². The fraction of sp³-hybridized carbons (Fsp3) is 0.500. The van der Waals surface area contributed by atoms with Crippen molar-refractivity contribution in [3.63, 3.8) is 0 Å². The summed E-state index contributed by atoms with van der Waals surface area (Å²) in [6, 6.07) is 1.13. The van der Waals surface area contributed by atoms with Crippen molar-refractivity contribution in [1.29, 1.82) is 0 Å². The van der Waals surface area contributed by atoms with E-state index < -0.39 is 4.92 Å². The second kappa shape index (κ2) is 6.11. The lowest BCUT2D eigenvalue weighted by Crippen LogP contribution is -2.25. The first-order valence-corrected chi connectivity index (χ1v) is 7.75. The Kier molecular flexibility index (Phi) is 4.16. The van der Waals surface area contributed by atoms with Gasteiger partial charge < -0.3 is 9.42 Å². The van der Waals surface area contributed by atoms with Crippen molar-refractivity contribution in [2.24, 2.45) is 0 Å². The molecule has 0 aliphatic carbocycles. The number of hydrogen-bond donors (Lipinski definition) is 0. The molecule has 9 heteroatoms. The van der Waals surface area contributed by atoms with Gasteiger partial charge in [-0.2, -0.15) is 4.98 Å². The molecular weight excluding hydrogens is 322 g/mol. The van der Waals surface area contributed by atoms with Crippen LogP contribution in [0.3, 0.4) is 0 Å². The van der Waals surface area contributed by atoms with Crippen molar-refractivity contribution in [3.8, 4) is 0 Å². The smallest absolute Gasteiger partial charge is 0.313 e. The molecule has 0 N–H and O–H groups in total. The predicted molar refractivity (Wildman–Crippen MR) is 83.6 cm³/mol. The Balaban J connectivity index is 1.97. The number of rotatable bonds is 4. The van der Waals surface area contributed by atoms with Gasteiger partial charge in [0.05, 0.1) is 16.0 Å². The Morgan fingerprint density at radius 3 is 2.96 bits per heavy atom. The number of aromatic nitrogens is 3. The first-order valence-electron chi connectivity index (χ1n) is 7.37. The van der Waals surface area contributed by atoms with Gasteiger partial charge in [-0.25, -0.2) is 4.98 Å². The third kappa shape index (κ3) is 2.98. The number of anilines is 1. The number of halogens is 1. The highest BCUT2D eigenvalue weighted by atomic mass is 35.5. The molecule has 23 heavy (non-hydrogen) atoms. The van der Waals surface area contributed by atoms with Crippen molar-refractivity contribution in [2.45, 2.75) is 38.6 Å². The summed E-state index contributed by atoms with van der Waals surface area (Å²) in [5.74, 6) is 1.52. The van der Waals surface area contributed by atoms with Gasteiger partial charge in [0, 0.05) is 24.7 Å². The number of hydrogen-bond acceptors (Lipinski definition) is 7. The van der Waals surface area contributed by atoms with Crippen LogP contribution in [-0.4, -0.2) is 26.6 Å². The van der Waals surface area contributed by atoms with Crippen LogP contribution >= 0.6 is 11.6 Å². The highest BCUT2D eigenvalue weighted by molar-refractivity contribution is 6.30. The van der Waals surface area contributed by atoms with E-state index in [-0.39, 0.29) is 28.5 Å². The van der Waals surface area contributed by atoms with Gasteiger partial charge in [0.2, 0.25) is 11.7 Å². The second-order valence-electron chi connectivity index (χ2n) is 5.75. The number of nitro groups is 1. The van der Waals surface area contributed by atoms with E-state index in [1.807, 2.05) is 18.7 Å². The zero-order valence-corrected chi connectivity index (χ0v) is 13.5. The average molecular weight is 338 g/mol. The maximum atomic E-state index is 11.3. The highest BCUT2D eigenvalue weighted by Gasteiger charge is 2.35. The summed E-state index contributed by atoms with van der Waals surface area (Å²) in [5, 5.41) is 15.6. The average Bonchev–Trinajstić information content (AvgIpc) is 3.15. The van der Waals surface area contributed by atoms with Crippen LogP contribution < -0.4 is 4.90 Å². The van der Waals surface area contributed by atoms with Gasteiger partial charge in [0.15, 0.2) is 5.82 Å². The first kappa shape index (κ1) is 15.7. The van der Waals surface area contributed by atoms with Crippen LogP contribution in [0.1, 0.15) is 50.4 Å². The Labute approximate surface area is 137 Å². The second-order valence-corrected chi connectivity index (χ2v) is 6.19. The standard InChI is InChI=1S/C14H16ClN5O3/c1-8(2)14-17-12(18-23-14)10-4-3-5-19(10)13-11(20(21)22)6-9(15)7-16-13/h6-8,10H,3-5H2,1-2H3. The number of nitrogens with zero attached hydrogens (tertiary/aromatic N) is 5. The van der Waals surface area contributed by atoms with Crippen LogP contribution in [0.5, 0.6) is 0 Å². The minimum atomic E-state index is -0.473. The van der Waals surface area contributed by atoms with Crippen LogP contribution in [0, 0.1) is 10.1 Å². The number of pyridine rings is 1. The summed E-state index contributed by atoms with van der Waals surface area (Å²) in [5.41, 5.74) is -0.114. The zero-order valence-electron chi connectivity index (χ0n) is 12.8. The van der Waals surface area contributed by atoms with E-state index in [0.717, 1.165) is 12.8 Å². The molecule has 1 fully saturated rings. The van der Waals surface area contributed by atoms with Crippen molar-refractivity contribution in [1.82, 2.24) is 15.1 Å². The van der Waals surface area contributed by atoms with E-state index in [4.69, 9.17) is 16.1 Å². The molecule has 8 nitrogen and oxygen atoms in total. The Morgan fingerprint density at radius 2 is 2.30 bits per heavy atom. The van der Waals surface area contributed by atoms with Crippen molar-refractivity contribution < 1.29 is 9.45 Å². The monoisotopic (exact) mass is 337 g/mol. The molecule has 1 aliphatic rings. The molecule has 3 rings (SSSR count). The van der Waals surface area contributed by atoms with Crippen LogP contribution in [0.4, 0.5) is 11.5 Å². The molecule has 0 aromatic carbocycles. The van der Waals surface area contributed by atoms with E-state index in [1.54, 1.807) is 0 Å². The van der Waals surface area contributed by atoms with E-state index in [2.05, 4.69) is 15.1 Å². The molecule has 1 atom stereocenters. The molecule has 122 valence electrons. The molecule has 2 aromatic rings. The lowest BCUT2D eigenvalue weighted by molar-refractivity contribution is -0.384. The lowest BCUT2D eigenvalue weighted by atomic mass is 10.2. The van der Waals surface area contributed by atoms with Gasteiger partial charge in [0.1, 0.15) is 0 Å². The quantitative estimate of drug-likeness (QED) is 0.622. The summed E-state index contributed by atoms with van der Waals surface area (Å²) in [6.45, 7) is 4.58. The first-order chi connectivity index (χ1) is 11.0. The van der Waals surface area contributed by atoms with Gasteiger partial charge >= 0.3 is 5.69 Å². The van der Waals surface area contributed by atoms with Gasteiger partial charge in [-0.1, -0.05) is 30.6 Å². The molecule has 0 radical (unpaired) electrons. The fourth-order valence-electron chi connectivity index (χ4n) is 2.68. The SMILES string of the molecule is CC(C)c1nc(C2CCCN2c2ncc(Cl)cc2[N+](=O)[O-])no1. The zero-order chi connectivity index (χ0) is 16.6. The van der Waals surface area contributed by atoms with E-state index >= 15 is 0 Å². The fourth-order valence-corrected chi connectivity index (χ4v) is 2.83. The van der Waals surface area contributed by atoms with Crippen LogP contribution in [-0.2, 0) is 0 Å². The lowest BCUT2D eigenvalue weighted by Gasteiger charge is -2.22. The summed E-state index contributed by atoms with van der Waals surface area (Å²) in [7, 11) is 0. The van der Waals surface area contributed by atoms with Gasteiger partial charge in [0.25, 0.3) is 0 Å². The highest BCUT2D eigenvalue weighted by Crippen LogP contribution is 2.39. The maximum Gasteiger partial charge on any atom is 0.313 e. The molecule has 1 unspecified atom stereocenters. The molecule has 3 heterocycles. The maximum absolute atomic E-state index is 11.3. The van der Waals surface area contributed by atoms with E-state index in [9.17, 15) is 10.1 Å². The van der Waals surface area contributed by atoms with Crippen LogP contribution in [0.15, 0.2) is 16.8 Å². The van der Waals surface area contributed by atoms with Gasteiger partial charge in [-0.05, 0) is 12.8 Å². The molecule has 0 bridgehead atoms. The molecule has 0 amide bonds. The van der Waals surface area contributed by atoms with Crippen molar-refractivity contribution in [2.75, 3.05) is 11.4 Å². The summed E-state index contributed by atoms with van der Waals surface area (Å²) in [6.07, 6.45) is 3.07. The molecule has 0 spiro atoms. The third-order valence-corrected chi connectivity index (χ3v) is 3.99. The topological polar surface area (TPSA) is 98.2 Å². The molecule has 1 saturated heterocycles. The Morgan fingerprint density at radius 1 is 1.52 bits per heavy atom. The largest absolute Gasteiger partial charge is 0.340 e. The molecule has 0 saturated carbocycles. The molecule has 1 aliphatic heterocycles. The normalized spacial score (nSPS) is 17.9. The predicted octanol–water partition coefficient (Wildman–Crippen LogP) is 3.49. The third-order valence-electron chi connectivity index (χ3n) is 3.78. The summed E-state index contributed by atoms with van der Waals surface area (Å²) < 4.78 is 5.26. The van der Waals surface area contributed by atoms with Gasteiger partial charge in [-0.3, -0.25) is 10.1 Å². The Hall–Kier alpha value is -2.22. The summed E-state index contributed by atoms with van der Waals surface area (Å²) in [4.78, 5) is 21.3. The van der Waals surface area contributed by atoms with Crippen LogP contribution in [0.25, 0.3) is 0 Å². The van der Waals surface area contributed by atoms with E-state index in [1.165, 1.54) is 12.3 Å². The minimum Gasteiger partial charge on any atom is -0.340 e. The van der Waals surface area contributed by atoms with E-state index in [0.29, 0.717) is 18.3 Å². The molecular formula is C14H16ClN5O3. The molecule has 2 aromatic heterocycles. The van der Waals surface area contributed by atoms with Crippen LogP contribution in [0.2, 0.25) is 5.02 Å². The Bertz CT molecular complexity index is 733. The van der Waals surface area contributed by atoms with Gasteiger partial charge in [-0.15, -0.1) is 0 Å². The summed E-state index contributed by atoms with van der Waals surface area (Å²) >= 11 is 5.83. The minimum absolute atomic E-state index is 0.114.